The molecule has 1 rings (SSSR count). The van der Waals surface area contributed by atoms with Gasteiger partial charge in [0.1, 0.15) is 0 Å². The molecule has 2 unspecified atom stereocenters. The van der Waals surface area contributed by atoms with Crippen molar-refractivity contribution < 1.29 is 4.74 Å². The van der Waals surface area contributed by atoms with Crippen molar-refractivity contribution >= 4 is 0 Å². The summed E-state index contributed by atoms with van der Waals surface area (Å²) in [5.41, 5.74) is 0.304. The van der Waals surface area contributed by atoms with Crippen molar-refractivity contribution in [3.63, 3.8) is 0 Å². The summed E-state index contributed by atoms with van der Waals surface area (Å²) in [5, 5.41) is 3.36. The minimum atomic E-state index is 0.304. The van der Waals surface area contributed by atoms with E-state index >= 15 is 0 Å². The zero-order valence-electron chi connectivity index (χ0n) is 11.5. The maximum Gasteiger partial charge on any atom is 0.0673 e. The zero-order valence-corrected chi connectivity index (χ0v) is 11.5. The predicted octanol–water partition coefficient (Wildman–Crippen LogP) is 1.73. The van der Waals surface area contributed by atoms with Gasteiger partial charge < -0.3 is 15.0 Å². The van der Waals surface area contributed by atoms with Crippen molar-refractivity contribution in [2.24, 2.45) is 5.41 Å². The highest BCUT2D eigenvalue weighted by Gasteiger charge is 2.28. The lowest BCUT2D eigenvalue weighted by molar-refractivity contribution is 0.0590. The molecule has 1 N–H and O–H groups in total. The average molecular weight is 228 g/mol. The number of nitrogens with one attached hydrogen (secondary N) is 1. The number of hydrogen-bond donors (Lipinski definition) is 1. The minimum Gasteiger partial charge on any atom is -0.377 e. The first kappa shape index (κ1) is 13.9. The summed E-state index contributed by atoms with van der Waals surface area (Å²) in [6.45, 7) is 13.4. The fraction of sp³-hybridized carbons (Fsp3) is 1.00. The molecule has 0 saturated carbocycles. The van der Waals surface area contributed by atoms with E-state index in [1.54, 1.807) is 0 Å². The Hall–Kier alpha value is -0.120. The maximum absolute atomic E-state index is 5.68. The lowest BCUT2D eigenvalue weighted by atomic mass is 9.84. The highest BCUT2D eigenvalue weighted by molar-refractivity contribution is 4.84. The second-order valence-corrected chi connectivity index (χ2v) is 5.77. The van der Waals surface area contributed by atoms with Crippen molar-refractivity contribution in [2.75, 3.05) is 33.3 Å². The van der Waals surface area contributed by atoms with Crippen LogP contribution in [0.15, 0.2) is 0 Å². The van der Waals surface area contributed by atoms with Crippen LogP contribution in [0.1, 0.15) is 34.1 Å². The first-order valence-electron chi connectivity index (χ1n) is 6.47. The Morgan fingerprint density at radius 3 is 2.81 bits per heavy atom. The molecule has 0 bridgehead atoms. The van der Waals surface area contributed by atoms with Gasteiger partial charge in [0.2, 0.25) is 0 Å². The van der Waals surface area contributed by atoms with Crippen molar-refractivity contribution in [3.05, 3.63) is 0 Å². The molecular weight excluding hydrogens is 200 g/mol. The molecule has 16 heavy (non-hydrogen) atoms. The number of hydrogen-bond acceptors (Lipinski definition) is 3. The molecule has 96 valence electrons. The summed E-state index contributed by atoms with van der Waals surface area (Å²) in [7, 11) is 2.04. The monoisotopic (exact) mass is 228 g/mol. The van der Waals surface area contributed by atoms with E-state index < -0.39 is 0 Å². The van der Waals surface area contributed by atoms with Gasteiger partial charge in [-0.05, 0) is 32.7 Å². The largest absolute Gasteiger partial charge is 0.377 e. The third-order valence-corrected chi connectivity index (χ3v) is 3.77. The van der Waals surface area contributed by atoms with Crippen LogP contribution in [0.2, 0.25) is 0 Å². The Kier molecular flexibility index (Phi) is 5.22. The molecule has 1 aliphatic heterocycles. The van der Waals surface area contributed by atoms with Crippen LogP contribution in [0.3, 0.4) is 0 Å². The Morgan fingerprint density at radius 2 is 2.19 bits per heavy atom. The van der Waals surface area contributed by atoms with E-state index in [0.29, 0.717) is 17.6 Å². The van der Waals surface area contributed by atoms with Gasteiger partial charge in [-0.1, -0.05) is 13.8 Å². The maximum atomic E-state index is 5.68. The van der Waals surface area contributed by atoms with Gasteiger partial charge in [-0.15, -0.1) is 0 Å². The standard InChI is InChI=1S/C13H28N2O/c1-11-9-15(7-6-8-16-11)10-13(3,4)12(2)14-5/h11-12,14H,6-10H2,1-5H3. The van der Waals surface area contributed by atoms with E-state index in [1.807, 2.05) is 7.05 Å². The molecule has 0 amide bonds. The minimum absolute atomic E-state index is 0.304. The van der Waals surface area contributed by atoms with Crippen LogP contribution in [0.5, 0.6) is 0 Å². The van der Waals surface area contributed by atoms with Crippen molar-refractivity contribution in [2.45, 2.75) is 46.3 Å². The molecule has 3 nitrogen and oxygen atoms in total. The van der Waals surface area contributed by atoms with E-state index in [2.05, 4.69) is 37.9 Å². The molecule has 1 aliphatic rings. The van der Waals surface area contributed by atoms with Crippen LogP contribution in [-0.4, -0.2) is 50.3 Å². The van der Waals surface area contributed by atoms with E-state index in [0.717, 1.165) is 26.1 Å². The molecule has 0 spiro atoms. The first-order valence-corrected chi connectivity index (χ1v) is 6.47. The number of rotatable bonds is 4. The average Bonchev–Trinajstić information content (AvgIpc) is 2.40. The van der Waals surface area contributed by atoms with Crippen molar-refractivity contribution in [1.29, 1.82) is 0 Å². The van der Waals surface area contributed by atoms with E-state index in [9.17, 15) is 0 Å². The molecule has 1 fully saturated rings. The summed E-state index contributed by atoms with van der Waals surface area (Å²) in [6, 6.07) is 0.534. The van der Waals surface area contributed by atoms with Gasteiger partial charge >= 0.3 is 0 Å². The molecule has 1 saturated heterocycles. The number of ether oxygens (including phenoxy) is 1. The highest BCUT2D eigenvalue weighted by atomic mass is 16.5. The zero-order chi connectivity index (χ0) is 12.2. The lowest BCUT2D eigenvalue weighted by Crippen LogP contribution is -2.46. The van der Waals surface area contributed by atoms with E-state index in [-0.39, 0.29) is 0 Å². The van der Waals surface area contributed by atoms with Gasteiger partial charge in [0.15, 0.2) is 0 Å². The highest BCUT2D eigenvalue weighted by Crippen LogP contribution is 2.23. The van der Waals surface area contributed by atoms with Crippen molar-refractivity contribution in [1.82, 2.24) is 10.2 Å². The van der Waals surface area contributed by atoms with Crippen LogP contribution < -0.4 is 5.32 Å². The summed E-state index contributed by atoms with van der Waals surface area (Å²) in [4.78, 5) is 2.55. The lowest BCUT2D eigenvalue weighted by Gasteiger charge is -2.37. The topological polar surface area (TPSA) is 24.5 Å². The van der Waals surface area contributed by atoms with Gasteiger partial charge in [-0.3, -0.25) is 0 Å². The van der Waals surface area contributed by atoms with E-state index in [1.165, 1.54) is 6.54 Å². The SMILES string of the molecule is CNC(C)C(C)(C)CN1CCCOC(C)C1. The molecule has 2 atom stereocenters. The Bertz CT molecular complexity index is 206. The molecule has 3 heteroatoms. The molecule has 1 heterocycles. The van der Waals surface area contributed by atoms with E-state index in [4.69, 9.17) is 4.74 Å². The fourth-order valence-corrected chi connectivity index (χ4v) is 2.33. The molecule has 0 aromatic rings. The second-order valence-electron chi connectivity index (χ2n) is 5.77. The molecule has 0 aliphatic carbocycles. The fourth-order valence-electron chi connectivity index (χ4n) is 2.33. The van der Waals surface area contributed by atoms with Crippen LogP contribution in [0, 0.1) is 5.41 Å². The third kappa shape index (κ3) is 4.04. The van der Waals surface area contributed by atoms with Gasteiger partial charge in [0.25, 0.3) is 0 Å². The Morgan fingerprint density at radius 1 is 1.50 bits per heavy atom. The Balaban J connectivity index is 2.50. The molecule has 0 radical (unpaired) electrons. The third-order valence-electron chi connectivity index (χ3n) is 3.77. The smallest absolute Gasteiger partial charge is 0.0673 e. The summed E-state index contributed by atoms with van der Waals surface area (Å²) in [6.07, 6.45) is 1.54. The van der Waals surface area contributed by atoms with Crippen LogP contribution in [-0.2, 0) is 4.74 Å². The van der Waals surface area contributed by atoms with Crippen molar-refractivity contribution in [3.8, 4) is 0 Å². The van der Waals surface area contributed by atoms with Gasteiger partial charge in [0.05, 0.1) is 6.10 Å². The molecule has 0 aromatic heterocycles. The molecular formula is C13H28N2O. The van der Waals surface area contributed by atoms with Crippen LogP contribution >= 0.6 is 0 Å². The quantitative estimate of drug-likeness (QED) is 0.793. The summed E-state index contributed by atoms with van der Waals surface area (Å²) < 4.78 is 5.68. The van der Waals surface area contributed by atoms with Gasteiger partial charge in [0, 0.05) is 32.3 Å². The Labute approximate surface area is 101 Å². The molecule has 0 aromatic carbocycles. The number of nitrogens with zero attached hydrogens (tertiary/aromatic N) is 1. The normalized spacial score (nSPS) is 26.4. The van der Waals surface area contributed by atoms with Crippen LogP contribution in [0.25, 0.3) is 0 Å². The van der Waals surface area contributed by atoms with Gasteiger partial charge in [-0.25, -0.2) is 0 Å². The second kappa shape index (κ2) is 5.99. The van der Waals surface area contributed by atoms with Gasteiger partial charge in [-0.2, -0.15) is 0 Å². The summed E-state index contributed by atoms with van der Waals surface area (Å²) in [5.74, 6) is 0. The predicted molar refractivity (Wildman–Crippen MR) is 68.8 cm³/mol. The first-order chi connectivity index (χ1) is 7.45. The van der Waals surface area contributed by atoms with Crippen LogP contribution in [0.4, 0.5) is 0 Å². The summed E-state index contributed by atoms with van der Waals surface area (Å²) >= 11 is 0.